The Morgan fingerprint density at radius 2 is 2.05 bits per heavy atom. The van der Waals surface area contributed by atoms with Crippen LogP contribution in [0.3, 0.4) is 0 Å². The normalized spacial score (nSPS) is 19.7. The van der Waals surface area contributed by atoms with Crippen LogP contribution in [0, 0.1) is 11.8 Å². The zero-order valence-electron chi connectivity index (χ0n) is 14.3. The Labute approximate surface area is 148 Å². The SMILES string of the molecule is CCCN1CCC(CN=C(NCC)NCCC(C)C)C1.I. The van der Waals surface area contributed by atoms with Crippen molar-refractivity contribution in [1.29, 1.82) is 0 Å². The predicted octanol–water partition coefficient (Wildman–Crippen LogP) is 2.94. The van der Waals surface area contributed by atoms with Crippen LogP contribution in [-0.2, 0) is 0 Å². The van der Waals surface area contributed by atoms with Gasteiger partial charge in [0.25, 0.3) is 0 Å². The number of likely N-dealkylation sites (tertiary alicyclic amines) is 1. The molecule has 0 amide bonds. The first kappa shape index (κ1) is 21.0. The van der Waals surface area contributed by atoms with Crippen molar-refractivity contribution in [3.05, 3.63) is 0 Å². The molecule has 1 aliphatic heterocycles. The summed E-state index contributed by atoms with van der Waals surface area (Å²) in [6, 6.07) is 0. The fourth-order valence-electron chi connectivity index (χ4n) is 2.62. The predicted molar refractivity (Wildman–Crippen MR) is 104 cm³/mol. The number of hydrogen-bond donors (Lipinski definition) is 2. The van der Waals surface area contributed by atoms with E-state index >= 15 is 0 Å². The molecule has 21 heavy (non-hydrogen) atoms. The third kappa shape index (κ3) is 9.55. The third-order valence-corrected chi connectivity index (χ3v) is 3.78. The molecule has 1 heterocycles. The van der Waals surface area contributed by atoms with E-state index in [2.05, 4.69) is 43.2 Å². The van der Waals surface area contributed by atoms with Crippen molar-refractivity contribution in [2.24, 2.45) is 16.8 Å². The molecule has 0 spiro atoms. The standard InChI is InChI=1S/C16H34N4.HI/c1-5-10-20-11-8-15(13-20)12-19-16(17-6-2)18-9-7-14(3)4;/h14-15H,5-13H2,1-4H3,(H2,17,18,19);1H. The first-order valence-electron chi connectivity index (χ1n) is 8.40. The molecule has 1 aliphatic rings. The highest BCUT2D eigenvalue weighted by atomic mass is 127. The van der Waals surface area contributed by atoms with Gasteiger partial charge in [-0.2, -0.15) is 0 Å². The minimum Gasteiger partial charge on any atom is -0.357 e. The van der Waals surface area contributed by atoms with E-state index in [1.54, 1.807) is 0 Å². The highest BCUT2D eigenvalue weighted by molar-refractivity contribution is 14.0. The van der Waals surface area contributed by atoms with Gasteiger partial charge in [-0.05, 0) is 51.1 Å². The number of aliphatic imine (C=N–C) groups is 1. The Balaban J connectivity index is 0.00000400. The molecule has 1 rings (SSSR count). The summed E-state index contributed by atoms with van der Waals surface area (Å²) in [5.41, 5.74) is 0. The van der Waals surface area contributed by atoms with E-state index in [9.17, 15) is 0 Å². The molecular weight excluding hydrogens is 375 g/mol. The van der Waals surface area contributed by atoms with Gasteiger partial charge in [0, 0.05) is 26.2 Å². The Morgan fingerprint density at radius 3 is 2.67 bits per heavy atom. The number of rotatable bonds is 8. The molecule has 2 N–H and O–H groups in total. The van der Waals surface area contributed by atoms with Gasteiger partial charge in [0.15, 0.2) is 5.96 Å². The quantitative estimate of drug-likeness (QED) is 0.367. The molecule has 4 nitrogen and oxygen atoms in total. The first-order chi connectivity index (χ1) is 9.65. The van der Waals surface area contributed by atoms with Crippen LogP contribution in [-0.4, -0.2) is 50.1 Å². The summed E-state index contributed by atoms with van der Waals surface area (Å²) in [5.74, 6) is 2.46. The van der Waals surface area contributed by atoms with E-state index in [1.807, 2.05) is 0 Å². The fraction of sp³-hybridized carbons (Fsp3) is 0.938. The maximum absolute atomic E-state index is 4.75. The second-order valence-corrected chi connectivity index (χ2v) is 6.28. The number of hydrogen-bond acceptors (Lipinski definition) is 2. The summed E-state index contributed by atoms with van der Waals surface area (Å²) < 4.78 is 0. The fourth-order valence-corrected chi connectivity index (χ4v) is 2.62. The lowest BCUT2D eigenvalue weighted by atomic mass is 10.1. The maximum Gasteiger partial charge on any atom is 0.191 e. The summed E-state index contributed by atoms with van der Waals surface area (Å²) in [7, 11) is 0. The Hall–Kier alpha value is -0.0400. The minimum atomic E-state index is 0. The van der Waals surface area contributed by atoms with Crippen molar-refractivity contribution in [2.45, 2.75) is 47.0 Å². The molecule has 1 atom stereocenters. The Morgan fingerprint density at radius 1 is 1.29 bits per heavy atom. The maximum atomic E-state index is 4.75. The largest absolute Gasteiger partial charge is 0.357 e. The lowest BCUT2D eigenvalue weighted by molar-refractivity contribution is 0.326. The molecule has 0 radical (unpaired) electrons. The summed E-state index contributed by atoms with van der Waals surface area (Å²) >= 11 is 0. The van der Waals surface area contributed by atoms with Gasteiger partial charge in [-0.25, -0.2) is 0 Å². The highest BCUT2D eigenvalue weighted by Crippen LogP contribution is 2.16. The molecule has 1 unspecified atom stereocenters. The van der Waals surface area contributed by atoms with Crippen molar-refractivity contribution in [2.75, 3.05) is 39.3 Å². The van der Waals surface area contributed by atoms with Crippen molar-refractivity contribution < 1.29 is 0 Å². The smallest absolute Gasteiger partial charge is 0.191 e. The average molecular weight is 410 g/mol. The van der Waals surface area contributed by atoms with Gasteiger partial charge >= 0.3 is 0 Å². The zero-order valence-corrected chi connectivity index (χ0v) is 16.7. The molecule has 126 valence electrons. The van der Waals surface area contributed by atoms with Crippen LogP contribution in [0.25, 0.3) is 0 Å². The van der Waals surface area contributed by atoms with E-state index in [4.69, 9.17) is 4.99 Å². The topological polar surface area (TPSA) is 39.7 Å². The molecule has 0 aliphatic carbocycles. The number of halogens is 1. The monoisotopic (exact) mass is 410 g/mol. The van der Waals surface area contributed by atoms with Crippen LogP contribution in [0.1, 0.15) is 47.0 Å². The molecule has 1 saturated heterocycles. The lowest BCUT2D eigenvalue weighted by Gasteiger charge is -2.15. The van der Waals surface area contributed by atoms with Crippen molar-refractivity contribution in [3.8, 4) is 0 Å². The molecule has 5 heteroatoms. The summed E-state index contributed by atoms with van der Waals surface area (Å²) in [6.07, 6.45) is 3.75. The number of nitrogens with one attached hydrogen (secondary N) is 2. The van der Waals surface area contributed by atoms with E-state index in [1.165, 1.54) is 38.9 Å². The van der Waals surface area contributed by atoms with Gasteiger partial charge in [-0.15, -0.1) is 24.0 Å². The highest BCUT2D eigenvalue weighted by Gasteiger charge is 2.21. The number of guanidine groups is 1. The lowest BCUT2D eigenvalue weighted by Crippen LogP contribution is -2.38. The van der Waals surface area contributed by atoms with Crippen molar-refractivity contribution in [1.82, 2.24) is 15.5 Å². The van der Waals surface area contributed by atoms with E-state index < -0.39 is 0 Å². The van der Waals surface area contributed by atoms with E-state index in [-0.39, 0.29) is 24.0 Å². The number of nitrogens with zero attached hydrogens (tertiary/aromatic N) is 2. The molecule has 0 aromatic rings. The van der Waals surface area contributed by atoms with Gasteiger partial charge in [0.2, 0.25) is 0 Å². The van der Waals surface area contributed by atoms with Crippen LogP contribution < -0.4 is 10.6 Å². The van der Waals surface area contributed by atoms with Gasteiger partial charge in [0.05, 0.1) is 0 Å². The van der Waals surface area contributed by atoms with Gasteiger partial charge in [-0.3, -0.25) is 4.99 Å². The van der Waals surface area contributed by atoms with Crippen molar-refractivity contribution in [3.63, 3.8) is 0 Å². The summed E-state index contributed by atoms with van der Waals surface area (Å²) in [4.78, 5) is 7.32. The molecule has 1 fully saturated rings. The summed E-state index contributed by atoms with van der Waals surface area (Å²) in [6.45, 7) is 15.5. The zero-order chi connectivity index (χ0) is 14.8. The molecule has 0 saturated carbocycles. The van der Waals surface area contributed by atoms with Crippen LogP contribution in [0.5, 0.6) is 0 Å². The first-order valence-corrected chi connectivity index (χ1v) is 8.40. The second kappa shape index (κ2) is 12.5. The van der Waals surface area contributed by atoms with Crippen LogP contribution in [0.4, 0.5) is 0 Å². The Kier molecular flexibility index (Phi) is 12.5. The van der Waals surface area contributed by atoms with Crippen LogP contribution in [0.15, 0.2) is 4.99 Å². The molecule has 0 aromatic carbocycles. The molecule has 0 aromatic heterocycles. The van der Waals surface area contributed by atoms with Crippen LogP contribution in [0.2, 0.25) is 0 Å². The minimum absolute atomic E-state index is 0. The van der Waals surface area contributed by atoms with E-state index in [0.717, 1.165) is 37.4 Å². The third-order valence-electron chi connectivity index (χ3n) is 3.78. The van der Waals surface area contributed by atoms with Gasteiger partial charge in [-0.1, -0.05) is 20.8 Å². The van der Waals surface area contributed by atoms with Crippen LogP contribution >= 0.6 is 24.0 Å². The Bertz CT molecular complexity index is 281. The van der Waals surface area contributed by atoms with Gasteiger partial charge < -0.3 is 15.5 Å². The molecular formula is C16H35IN4. The molecule has 0 bridgehead atoms. The van der Waals surface area contributed by atoms with Gasteiger partial charge in [0.1, 0.15) is 0 Å². The van der Waals surface area contributed by atoms with E-state index in [0.29, 0.717) is 0 Å². The average Bonchev–Trinajstić information content (AvgIpc) is 2.84. The van der Waals surface area contributed by atoms with Crippen molar-refractivity contribution >= 4 is 29.9 Å². The second-order valence-electron chi connectivity index (χ2n) is 6.28. The summed E-state index contributed by atoms with van der Waals surface area (Å²) in [5, 5.41) is 6.78.